The normalized spacial score (nSPS) is 14.0. The lowest BCUT2D eigenvalue weighted by atomic mass is 10.1. The molecular weight excluding hydrogens is 394 g/mol. The summed E-state index contributed by atoms with van der Waals surface area (Å²) in [5.41, 5.74) is 15.8. The van der Waals surface area contributed by atoms with E-state index in [1.165, 1.54) is 22.3 Å². The summed E-state index contributed by atoms with van der Waals surface area (Å²) in [6.07, 6.45) is 0. The van der Waals surface area contributed by atoms with Crippen LogP contribution in [-0.4, -0.2) is 24.9 Å². The summed E-state index contributed by atoms with van der Waals surface area (Å²) >= 11 is 0. The van der Waals surface area contributed by atoms with Crippen LogP contribution in [0.4, 0.5) is 0 Å². The van der Waals surface area contributed by atoms with Gasteiger partial charge in [0.05, 0.1) is 11.4 Å². The SMILES string of the molecule is CC1=C(C)c2nc1cc1[nH]c(cc3[nH]c(cc4nc(n2)C(C)=C4C)c(C)c3C)c(C)c1C. The van der Waals surface area contributed by atoms with Gasteiger partial charge in [0, 0.05) is 22.1 Å². The number of hydrogen-bond acceptors (Lipinski definition) is 3. The molecule has 0 unspecified atom stereocenters. The van der Waals surface area contributed by atoms with Crippen molar-refractivity contribution in [3.05, 3.63) is 63.5 Å². The lowest BCUT2D eigenvalue weighted by molar-refractivity contribution is 1.08. The fraction of sp³-hybridized carbons (Fsp3) is 0.296. The second kappa shape index (κ2) is 7.02. The number of nitrogens with zero attached hydrogens (tertiary/aromatic N) is 3. The largest absolute Gasteiger partial charge is 0.355 e. The number of allylic oxidation sites excluding steroid dienone is 4. The van der Waals surface area contributed by atoms with Crippen LogP contribution in [0.25, 0.3) is 44.4 Å². The van der Waals surface area contributed by atoms with Crippen molar-refractivity contribution in [3.63, 3.8) is 0 Å². The van der Waals surface area contributed by atoms with E-state index in [1.54, 1.807) is 0 Å². The lowest BCUT2D eigenvalue weighted by Gasteiger charge is -1.96. The Morgan fingerprint density at radius 3 is 1.16 bits per heavy atom. The first-order valence-corrected chi connectivity index (χ1v) is 11.1. The van der Waals surface area contributed by atoms with E-state index in [4.69, 9.17) is 15.0 Å². The Morgan fingerprint density at radius 1 is 0.438 bits per heavy atom. The van der Waals surface area contributed by atoms with Crippen molar-refractivity contribution in [3.8, 4) is 0 Å². The van der Waals surface area contributed by atoms with Crippen LogP contribution in [-0.2, 0) is 0 Å². The highest BCUT2D eigenvalue weighted by Crippen LogP contribution is 2.32. The number of hydrogen-bond donors (Lipinski definition) is 2. The van der Waals surface area contributed by atoms with E-state index in [-0.39, 0.29) is 0 Å². The zero-order chi connectivity index (χ0) is 22.9. The van der Waals surface area contributed by atoms with Gasteiger partial charge in [0.15, 0.2) is 11.6 Å². The first-order chi connectivity index (χ1) is 15.2. The quantitative estimate of drug-likeness (QED) is 0.416. The minimum Gasteiger partial charge on any atom is -0.355 e. The van der Waals surface area contributed by atoms with Crippen LogP contribution in [0.5, 0.6) is 0 Å². The third-order valence-corrected chi connectivity index (χ3v) is 7.36. The predicted molar refractivity (Wildman–Crippen MR) is 134 cm³/mol. The van der Waals surface area contributed by atoms with Gasteiger partial charge in [-0.1, -0.05) is 0 Å². The third kappa shape index (κ3) is 2.95. The van der Waals surface area contributed by atoms with E-state index in [2.05, 4.69) is 83.6 Å². The smallest absolute Gasteiger partial charge is 0.158 e. The summed E-state index contributed by atoms with van der Waals surface area (Å²) in [6, 6.07) is 6.49. The molecule has 0 aliphatic carbocycles. The second-order valence-corrected chi connectivity index (χ2v) is 9.09. The molecule has 0 aromatic carbocycles. The molecule has 32 heavy (non-hydrogen) atoms. The predicted octanol–water partition coefficient (Wildman–Crippen LogP) is 6.84. The minimum atomic E-state index is 0.745. The molecule has 162 valence electrons. The van der Waals surface area contributed by atoms with Gasteiger partial charge in [-0.2, -0.15) is 0 Å². The fourth-order valence-corrected chi connectivity index (χ4v) is 4.35. The second-order valence-electron chi connectivity index (χ2n) is 9.09. The Hall–Kier alpha value is -3.47. The number of fused-ring (bicyclic) bond motifs is 8. The van der Waals surface area contributed by atoms with Crippen LogP contribution in [0.2, 0.25) is 0 Å². The fourth-order valence-electron chi connectivity index (χ4n) is 4.35. The zero-order valence-electron chi connectivity index (χ0n) is 20.1. The molecule has 0 fully saturated rings. The molecule has 5 nitrogen and oxygen atoms in total. The molecule has 2 aliphatic rings. The Kier molecular flexibility index (Phi) is 4.48. The number of aromatic amines is 2. The van der Waals surface area contributed by atoms with E-state index in [0.717, 1.165) is 67.4 Å². The molecule has 2 aliphatic heterocycles. The highest BCUT2D eigenvalue weighted by molar-refractivity contribution is 5.92. The number of aromatic nitrogens is 5. The van der Waals surface area contributed by atoms with Crippen molar-refractivity contribution in [1.82, 2.24) is 24.9 Å². The van der Waals surface area contributed by atoms with Gasteiger partial charge in [0.1, 0.15) is 0 Å². The average molecular weight is 424 g/mol. The molecule has 8 bridgehead atoms. The summed E-state index contributed by atoms with van der Waals surface area (Å²) in [4.78, 5) is 21.9. The van der Waals surface area contributed by atoms with Crippen LogP contribution >= 0.6 is 0 Å². The summed E-state index contributed by atoms with van der Waals surface area (Å²) in [5, 5.41) is 0. The number of aryl methyl sites for hydroxylation is 4. The highest BCUT2D eigenvalue weighted by atomic mass is 15.0. The van der Waals surface area contributed by atoms with Crippen molar-refractivity contribution in [1.29, 1.82) is 0 Å². The van der Waals surface area contributed by atoms with Gasteiger partial charge >= 0.3 is 0 Å². The Morgan fingerprint density at radius 2 is 0.781 bits per heavy atom. The van der Waals surface area contributed by atoms with Crippen molar-refractivity contribution < 1.29 is 0 Å². The van der Waals surface area contributed by atoms with E-state index in [1.807, 2.05) is 0 Å². The first kappa shape index (κ1) is 20.4. The minimum absolute atomic E-state index is 0.745. The molecule has 3 aromatic heterocycles. The van der Waals surface area contributed by atoms with E-state index >= 15 is 0 Å². The maximum Gasteiger partial charge on any atom is 0.158 e. The van der Waals surface area contributed by atoms with Gasteiger partial charge in [-0.15, -0.1) is 0 Å². The summed E-state index contributed by atoms with van der Waals surface area (Å²) in [5.74, 6) is 1.49. The summed E-state index contributed by atoms with van der Waals surface area (Å²) in [7, 11) is 0. The lowest BCUT2D eigenvalue weighted by Crippen LogP contribution is -1.90. The van der Waals surface area contributed by atoms with Gasteiger partial charge in [0.25, 0.3) is 0 Å². The number of H-pyrrole nitrogens is 2. The van der Waals surface area contributed by atoms with Crippen molar-refractivity contribution in [2.24, 2.45) is 0 Å². The molecule has 0 spiro atoms. The Bertz CT molecular complexity index is 1430. The molecule has 0 radical (unpaired) electrons. The molecule has 0 saturated carbocycles. The maximum atomic E-state index is 4.88. The molecule has 5 rings (SSSR count). The molecule has 5 heteroatoms. The molecule has 0 saturated heterocycles. The number of nitrogens with one attached hydrogen (secondary N) is 2. The van der Waals surface area contributed by atoms with E-state index < -0.39 is 0 Å². The van der Waals surface area contributed by atoms with E-state index in [9.17, 15) is 0 Å². The van der Waals surface area contributed by atoms with Crippen molar-refractivity contribution in [2.75, 3.05) is 0 Å². The Labute approximate surface area is 188 Å². The van der Waals surface area contributed by atoms with Gasteiger partial charge in [-0.05, 0) is 118 Å². The summed E-state index contributed by atoms with van der Waals surface area (Å²) < 4.78 is 0. The molecular formula is C27H29N5. The summed E-state index contributed by atoms with van der Waals surface area (Å²) in [6.45, 7) is 17.1. The van der Waals surface area contributed by atoms with Gasteiger partial charge < -0.3 is 9.97 Å². The topological polar surface area (TPSA) is 70.2 Å². The van der Waals surface area contributed by atoms with E-state index in [0.29, 0.717) is 0 Å². The molecule has 2 N–H and O–H groups in total. The van der Waals surface area contributed by atoms with Gasteiger partial charge in [-0.3, -0.25) is 0 Å². The maximum absolute atomic E-state index is 4.88. The first-order valence-electron chi connectivity index (χ1n) is 11.1. The average Bonchev–Trinajstić information content (AvgIpc) is 3.37. The molecule has 5 heterocycles. The zero-order valence-corrected chi connectivity index (χ0v) is 20.1. The van der Waals surface area contributed by atoms with Crippen LogP contribution in [0.1, 0.15) is 73.0 Å². The van der Waals surface area contributed by atoms with Crippen LogP contribution in [0.3, 0.4) is 0 Å². The van der Waals surface area contributed by atoms with Gasteiger partial charge in [-0.25, -0.2) is 15.0 Å². The van der Waals surface area contributed by atoms with Crippen LogP contribution in [0, 0.1) is 27.7 Å². The third-order valence-electron chi connectivity index (χ3n) is 7.36. The molecule has 3 aromatic rings. The van der Waals surface area contributed by atoms with Crippen LogP contribution < -0.4 is 0 Å². The molecule has 0 atom stereocenters. The van der Waals surface area contributed by atoms with Gasteiger partial charge in [0.2, 0.25) is 0 Å². The molecule has 0 amide bonds. The Balaban J connectivity index is 1.99. The van der Waals surface area contributed by atoms with Crippen molar-refractivity contribution in [2.45, 2.75) is 55.4 Å². The van der Waals surface area contributed by atoms with Crippen molar-refractivity contribution >= 4 is 44.4 Å². The number of rotatable bonds is 0. The van der Waals surface area contributed by atoms with Crippen LogP contribution in [0.15, 0.2) is 18.2 Å². The standard InChI is InChI=1S/C27H29N5/c1-12-14(3)22-10-24-16(5)18(7)26(30-24)32-27-19(8)17(6)25(31-27)11-23-15(4)13(2)21(29-23)9-20(12)28-22/h9-11,28-29H,1-8H3. The highest BCUT2D eigenvalue weighted by Gasteiger charge is 2.19. The monoisotopic (exact) mass is 423 g/mol.